The highest BCUT2D eigenvalue weighted by Gasteiger charge is 2.24. The zero-order valence-electron chi connectivity index (χ0n) is 16.5. The lowest BCUT2D eigenvalue weighted by Crippen LogP contribution is -1.98. The Hall–Kier alpha value is -4.73. The lowest BCUT2D eigenvalue weighted by Gasteiger charge is -2.06. The molecular formula is C22H15N7O3. The van der Waals surface area contributed by atoms with Gasteiger partial charge in [0, 0.05) is 22.9 Å². The molecule has 10 nitrogen and oxygen atoms in total. The average molecular weight is 425 g/mol. The molecule has 0 unspecified atom stereocenters. The van der Waals surface area contributed by atoms with E-state index < -0.39 is 0 Å². The molecule has 0 radical (unpaired) electrons. The van der Waals surface area contributed by atoms with Crippen LogP contribution in [0.3, 0.4) is 0 Å². The van der Waals surface area contributed by atoms with Crippen molar-refractivity contribution in [2.24, 2.45) is 0 Å². The van der Waals surface area contributed by atoms with Crippen molar-refractivity contribution in [2.45, 2.75) is 0 Å². The Morgan fingerprint density at radius 2 is 1.72 bits per heavy atom. The fourth-order valence-electron chi connectivity index (χ4n) is 3.63. The van der Waals surface area contributed by atoms with Gasteiger partial charge in [0.05, 0.1) is 5.69 Å². The Bertz CT molecular complexity index is 1400. The lowest BCUT2D eigenvalue weighted by atomic mass is 10.1. The number of nitrogens with zero attached hydrogens (tertiary/aromatic N) is 6. The fourth-order valence-corrected chi connectivity index (χ4v) is 3.63. The third-order valence-corrected chi connectivity index (χ3v) is 5.15. The fraction of sp³-hybridized carbons (Fsp3) is 0.0455. The van der Waals surface area contributed by atoms with Gasteiger partial charge in [0.1, 0.15) is 11.4 Å². The molecule has 10 heteroatoms. The van der Waals surface area contributed by atoms with E-state index >= 15 is 0 Å². The maximum Gasteiger partial charge on any atom is 0.231 e. The molecule has 156 valence electrons. The van der Waals surface area contributed by atoms with Crippen LogP contribution in [0, 0.1) is 0 Å². The van der Waals surface area contributed by atoms with Gasteiger partial charge in [0.15, 0.2) is 17.3 Å². The molecule has 0 aliphatic carbocycles. The summed E-state index contributed by atoms with van der Waals surface area (Å²) in [5.41, 5.74) is 3.91. The van der Waals surface area contributed by atoms with Crippen molar-refractivity contribution in [3.63, 3.8) is 0 Å². The summed E-state index contributed by atoms with van der Waals surface area (Å²) in [5, 5.41) is 25.1. The average Bonchev–Trinajstić information content (AvgIpc) is 3.59. The Morgan fingerprint density at radius 1 is 0.906 bits per heavy atom. The van der Waals surface area contributed by atoms with Gasteiger partial charge in [-0.2, -0.15) is 9.94 Å². The number of aromatic amines is 1. The zero-order chi connectivity index (χ0) is 21.5. The summed E-state index contributed by atoms with van der Waals surface area (Å²) in [5.74, 6) is 2.17. The topological polar surface area (TPSA) is 124 Å². The van der Waals surface area contributed by atoms with Crippen LogP contribution in [0.2, 0.25) is 0 Å². The van der Waals surface area contributed by atoms with Gasteiger partial charge in [0.25, 0.3) is 0 Å². The number of imidazole rings is 1. The summed E-state index contributed by atoms with van der Waals surface area (Å²) in [6, 6.07) is 18.4. The molecule has 0 saturated heterocycles. The first-order valence-electron chi connectivity index (χ1n) is 9.75. The Morgan fingerprint density at radius 3 is 2.50 bits per heavy atom. The van der Waals surface area contributed by atoms with Gasteiger partial charge in [-0.15, -0.1) is 10.2 Å². The van der Waals surface area contributed by atoms with Crippen molar-refractivity contribution < 1.29 is 14.7 Å². The standard InChI is InChI=1S/C22H15N7O3/c30-29-20(16-3-1-2-10-23-16)19(15-8-9-17-18(11-15)32-12-31-17)24-22(29)14-6-4-13(5-7-14)21-25-27-28-26-21/h1-11,30H,12H2,(H,25,26,27,28). The van der Waals surface area contributed by atoms with Gasteiger partial charge in [-0.3, -0.25) is 4.98 Å². The van der Waals surface area contributed by atoms with Gasteiger partial charge in [0.2, 0.25) is 12.6 Å². The molecule has 0 bridgehead atoms. The number of fused-ring (bicyclic) bond motifs is 1. The van der Waals surface area contributed by atoms with Gasteiger partial charge < -0.3 is 14.7 Å². The van der Waals surface area contributed by atoms with Gasteiger partial charge in [-0.05, 0) is 35.5 Å². The number of ether oxygens (including phenoxy) is 2. The summed E-state index contributed by atoms with van der Waals surface area (Å²) >= 11 is 0. The van der Waals surface area contributed by atoms with Crippen molar-refractivity contribution in [2.75, 3.05) is 6.79 Å². The molecule has 1 aliphatic heterocycles. The maximum absolute atomic E-state index is 11.1. The first kappa shape index (κ1) is 18.1. The molecule has 3 aromatic heterocycles. The van der Waals surface area contributed by atoms with Crippen LogP contribution < -0.4 is 9.47 Å². The first-order valence-corrected chi connectivity index (χ1v) is 9.75. The first-order chi connectivity index (χ1) is 15.8. The number of rotatable bonds is 4. The quantitative estimate of drug-likeness (QED) is 0.420. The van der Waals surface area contributed by atoms with Crippen molar-refractivity contribution >= 4 is 0 Å². The van der Waals surface area contributed by atoms with Crippen molar-refractivity contribution in [1.82, 2.24) is 35.3 Å². The minimum atomic E-state index is 0.179. The van der Waals surface area contributed by atoms with E-state index in [1.165, 1.54) is 0 Å². The normalized spacial score (nSPS) is 12.2. The van der Waals surface area contributed by atoms with Crippen LogP contribution in [0.15, 0.2) is 66.9 Å². The van der Waals surface area contributed by atoms with E-state index in [-0.39, 0.29) is 6.79 Å². The minimum Gasteiger partial charge on any atom is -0.454 e. The van der Waals surface area contributed by atoms with Crippen LogP contribution in [0.4, 0.5) is 0 Å². The van der Waals surface area contributed by atoms with Crippen LogP contribution in [0.5, 0.6) is 11.5 Å². The summed E-state index contributed by atoms with van der Waals surface area (Å²) in [7, 11) is 0. The SMILES string of the molecule is On1c(-c2ccc(-c3nn[nH]n3)cc2)nc(-c2ccc3c(c2)OCO3)c1-c1ccccn1. The molecule has 6 rings (SSSR count). The Labute approximate surface area is 181 Å². The van der Waals surface area contributed by atoms with E-state index in [9.17, 15) is 5.21 Å². The minimum absolute atomic E-state index is 0.179. The highest BCUT2D eigenvalue weighted by atomic mass is 16.7. The summed E-state index contributed by atoms with van der Waals surface area (Å²) in [4.78, 5) is 9.19. The number of pyridine rings is 1. The summed E-state index contributed by atoms with van der Waals surface area (Å²) < 4.78 is 12.0. The van der Waals surface area contributed by atoms with Crippen molar-refractivity contribution in [3.8, 4) is 56.9 Å². The summed E-state index contributed by atoms with van der Waals surface area (Å²) in [6.45, 7) is 0.179. The molecule has 1 aliphatic rings. The smallest absolute Gasteiger partial charge is 0.231 e. The number of aromatic nitrogens is 7. The highest BCUT2D eigenvalue weighted by Crippen LogP contribution is 2.40. The van der Waals surface area contributed by atoms with Crippen LogP contribution in [-0.4, -0.2) is 47.3 Å². The summed E-state index contributed by atoms with van der Waals surface area (Å²) in [6.07, 6.45) is 1.67. The van der Waals surface area contributed by atoms with Crippen LogP contribution >= 0.6 is 0 Å². The second-order valence-electron chi connectivity index (χ2n) is 7.04. The second kappa shape index (κ2) is 7.20. The van der Waals surface area contributed by atoms with Gasteiger partial charge in [-0.1, -0.05) is 30.3 Å². The van der Waals surface area contributed by atoms with Crippen molar-refractivity contribution in [3.05, 3.63) is 66.9 Å². The number of hydrogen-bond donors (Lipinski definition) is 2. The largest absolute Gasteiger partial charge is 0.454 e. The Kier molecular flexibility index (Phi) is 4.07. The maximum atomic E-state index is 11.1. The number of tetrazole rings is 1. The van der Waals surface area contributed by atoms with E-state index in [1.807, 2.05) is 60.7 Å². The van der Waals surface area contributed by atoms with Crippen molar-refractivity contribution in [1.29, 1.82) is 0 Å². The van der Waals surface area contributed by atoms with Gasteiger partial charge >= 0.3 is 0 Å². The second-order valence-corrected chi connectivity index (χ2v) is 7.04. The predicted octanol–water partition coefficient (Wildman–Crippen LogP) is 3.43. The molecule has 5 aromatic rings. The third-order valence-electron chi connectivity index (χ3n) is 5.15. The molecule has 0 fully saturated rings. The van der Waals surface area contributed by atoms with E-state index in [0.29, 0.717) is 45.8 Å². The van der Waals surface area contributed by atoms with Gasteiger partial charge in [-0.25, -0.2) is 4.98 Å². The number of hydrogen-bond acceptors (Lipinski definition) is 8. The molecule has 0 amide bonds. The number of nitrogens with one attached hydrogen (secondary N) is 1. The highest BCUT2D eigenvalue weighted by molar-refractivity contribution is 5.81. The molecule has 0 saturated carbocycles. The monoisotopic (exact) mass is 425 g/mol. The third kappa shape index (κ3) is 2.93. The van der Waals surface area contributed by atoms with Crippen LogP contribution in [-0.2, 0) is 0 Å². The Balaban J connectivity index is 1.50. The molecule has 32 heavy (non-hydrogen) atoms. The molecule has 2 N–H and O–H groups in total. The van der Waals surface area contributed by atoms with Crippen LogP contribution in [0.25, 0.3) is 45.4 Å². The molecule has 4 heterocycles. The van der Waals surface area contributed by atoms with E-state index in [1.54, 1.807) is 6.20 Å². The molecule has 2 aromatic carbocycles. The van der Waals surface area contributed by atoms with Crippen LogP contribution in [0.1, 0.15) is 0 Å². The molecular weight excluding hydrogens is 410 g/mol. The number of H-pyrrole nitrogens is 1. The molecule has 0 spiro atoms. The number of benzene rings is 2. The van der Waals surface area contributed by atoms with E-state index in [2.05, 4.69) is 25.6 Å². The lowest BCUT2D eigenvalue weighted by molar-refractivity contribution is 0.174. The molecule has 0 atom stereocenters. The van der Waals surface area contributed by atoms with E-state index in [0.717, 1.165) is 15.9 Å². The van der Waals surface area contributed by atoms with E-state index in [4.69, 9.17) is 14.5 Å². The zero-order valence-corrected chi connectivity index (χ0v) is 16.5. The predicted molar refractivity (Wildman–Crippen MR) is 113 cm³/mol.